The van der Waals surface area contributed by atoms with Crippen molar-refractivity contribution < 1.29 is 8.42 Å². The molecule has 0 amide bonds. The van der Waals surface area contributed by atoms with E-state index in [0.29, 0.717) is 23.7 Å². The second kappa shape index (κ2) is 7.04. The lowest BCUT2D eigenvalue weighted by molar-refractivity contribution is 0.329. The molecule has 0 atom stereocenters. The minimum absolute atomic E-state index is 0.201. The van der Waals surface area contributed by atoms with Crippen molar-refractivity contribution in [1.29, 1.82) is 0 Å². The Balaban J connectivity index is 1.69. The predicted molar refractivity (Wildman–Crippen MR) is 93.6 cm³/mol. The van der Waals surface area contributed by atoms with Crippen molar-refractivity contribution in [3.8, 4) is 0 Å². The number of nitrogens with zero attached hydrogens (tertiary/aromatic N) is 3. The zero-order chi connectivity index (χ0) is 17.2. The maximum Gasteiger partial charge on any atom is 0.243 e. The van der Waals surface area contributed by atoms with Crippen molar-refractivity contribution in [2.45, 2.75) is 30.7 Å². The summed E-state index contributed by atoms with van der Waals surface area (Å²) in [6, 6.07) is 6.99. The van der Waals surface area contributed by atoms with Gasteiger partial charge in [-0.1, -0.05) is 17.7 Å². The highest BCUT2D eigenvalue weighted by atomic mass is 35.5. The van der Waals surface area contributed by atoms with Crippen molar-refractivity contribution in [3.05, 3.63) is 47.4 Å². The van der Waals surface area contributed by atoms with E-state index in [0.717, 1.165) is 18.7 Å². The molecule has 1 aliphatic rings. The number of aromatic nitrogens is 2. The van der Waals surface area contributed by atoms with Crippen LogP contribution in [0.5, 0.6) is 0 Å². The summed E-state index contributed by atoms with van der Waals surface area (Å²) in [6.45, 7) is 2.67. The van der Waals surface area contributed by atoms with Gasteiger partial charge in [0.15, 0.2) is 0 Å². The molecule has 3 rings (SSSR count). The Labute approximate surface area is 146 Å². The Morgan fingerprint density at radius 2 is 2.00 bits per heavy atom. The highest BCUT2D eigenvalue weighted by Crippen LogP contribution is 2.27. The lowest BCUT2D eigenvalue weighted by atomic mass is 10.1. The molecule has 128 valence electrons. The molecule has 0 radical (unpaired) electrons. The molecule has 1 aliphatic heterocycles. The van der Waals surface area contributed by atoms with E-state index in [1.807, 2.05) is 0 Å². The number of sulfonamides is 1. The molecular weight excluding hydrogens is 348 g/mol. The molecule has 0 aliphatic carbocycles. The fraction of sp³-hybridized carbons (Fsp3) is 0.375. The maximum atomic E-state index is 12.9. The van der Waals surface area contributed by atoms with Gasteiger partial charge in [-0.25, -0.2) is 18.4 Å². The molecule has 1 fully saturated rings. The SMILES string of the molecule is Cc1c(Cl)cccc1S(=O)(=O)N1CCC(Nc2ccncn2)CC1. The van der Waals surface area contributed by atoms with Gasteiger partial charge in [-0.15, -0.1) is 0 Å². The zero-order valence-corrected chi connectivity index (χ0v) is 14.9. The van der Waals surface area contributed by atoms with E-state index in [1.165, 1.54) is 10.6 Å². The molecule has 2 heterocycles. The molecule has 24 heavy (non-hydrogen) atoms. The largest absolute Gasteiger partial charge is 0.367 e. The Bertz CT molecular complexity index is 806. The van der Waals surface area contributed by atoms with E-state index in [2.05, 4.69) is 15.3 Å². The number of hydrogen-bond donors (Lipinski definition) is 1. The maximum absolute atomic E-state index is 12.9. The van der Waals surface area contributed by atoms with Gasteiger partial charge in [0.1, 0.15) is 12.1 Å². The summed E-state index contributed by atoms with van der Waals surface area (Å²) in [6.07, 6.45) is 4.62. The van der Waals surface area contributed by atoms with Crippen LogP contribution >= 0.6 is 11.6 Å². The van der Waals surface area contributed by atoms with Crippen LogP contribution in [-0.2, 0) is 10.0 Å². The first-order valence-corrected chi connectivity index (χ1v) is 9.58. The summed E-state index contributed by atoms with van der Waals surface area (Å²) in [5, 5.41) is 3.79. The first kappa shape index (κ1) is 17.1. The van der Waals surface area contributed by atoms with Gasteiger partial charge in [-0.3, -0.25) is 0 Å². The third-order valence-electron chi connectivity index (χ3n) is 4.22. The lowest BCUT2D eigenvalue weighted by Crippen LogP contribution is -2.42. The smallest absolute Gasteiger partial charge is 0.243 e. The van der Waals surface area contributed by atoms with Gasteiger partial charge >= 0.3 is 0 Å². The number of benzene rings is 1. The van der Waals surface area contributed by atoms with E-state index < -0.39 is 10.0 Å². The highest BCUT2D eigenvalue weighted by Gasteiger charge is 2.30. The topological polar surface area (TPSA) is 75.2 Å². The fourth-order valence-electron chi connectivity index (χ4n) is 2.83. The van der Waals surface area contributed by atoms with Gasteiger partial charge in [0.25, 0.3) is 0 Å². The minimum atomic E-state index is -3.52. The third kappa shape index (κ3) is 3.53. The summed E-state index contributed by atoms with van der Waals surface area (Å²) >= 11 is 6.07. The second-order valence-electron chi connectivity index (χ2n) is 5.78. The first-order chi connectivity index (χ1) is 11.5. The summed E-state index contributed by atoms with van der Waals surface area (Å²) in [5.74, 6) is 0.761. The van der Waals surface area contributed by atoms with Gasteiger partial charge < -0.3 is 5.32 Å². The van der Waals surface area contributed by atoms with Crippen molar-refractivity contribution in [3.63, 3.8) is 0 Å². The van der Waals surface area contributed by atoms with E-state index >= 15 is 0 Å². The third-order valence-corrected chi connectivity index (χ3v) is 6.68. The molecule has 2 aromatic rings. The number of anilines is 1. The van der Waals surface area contributed by atoms with Crippen LogP contribution in [0.15, 0.2) is 41.7 Å². The molecule has 1 N–H and O–H groups in total. The van der Waals surface area contributed by atoms with Crippen LogP contribution in [0.4, 0.5) is 5.82 Å². The number of halogens is 1. The van der Waals surface area contributed by atoms with Crippen LogP contribution in [0.2, 0.25) is 5.02 Å². The summed E-state index contributed by atoms with van der Waals surface area (Å²) in [4.78, 5) is 8.31. The molecule has 8 heteroatoms. The highest BCUT2D eigenvalue weighted by molar-refractivity contribution is 7.89. The number of rotatable bonds is 4. The molecule has 1 saturated heterocycles. The fourth-order valence-corrected chi connectivity index (χ4v) is 4.78. The summed E-state index contributed by atoms with van der Waals surface area (Å²) < 4.78 is 27.2. The van der Waals surface area contributed by atoms with Gasteiger partial charge in [0, 0.05) is 30.4 Å². The van der Waals surface area contributed by atoms with Crippen LogP contribution < -0.4 is 5.32 Å². The molecule has 0 bridgehead atoms. The summed E-state index contributed by atoms with van der Waals surface area (Å²) in [5.41, 5.74) is 0.598. The normalized spacial score (nSPS) is 16.9. The first-order valence-electron chi connectivity index (χ1n) is 7.76. The van der Waals surface area contributed by atoms with Crippen molar-refractivity contribution in [2.24, 2.45) is 0 Å². The van der Waals surface area contributed by atoms with Crippen LogP contribution in [0.3, 0.4) is 0 Å². The van der Waals surface area contributed by atoms with Gasteiger partial charge in [-0.05, 0) is 43.5 Å². The van der Waals surface area contributed by atoms with E-state index in [1.54, 1.807) is 37.4 Å². The predicted octanol–water partition coefficient (Wildman–Crippen LogP) is 2.70. The lowest BCUT2D eigenvalue weighted by Gasteiger charge is -2.32. The zero-order valence-electron chi connectivity index (χ0n) is 13.3. The minimum Gasteiger partial charge on any atom is -0.367 e. The van der Waals surface area contributed by atoms with E-state index in [-0.39, 0.29) is 10.9 Å². The molecule has 0 spiro atoms. The van der Waals surface area contributed by atoms with Crippen LogP contribution in [-0.4, -0.2) is 41.8 Å². The summed E-state index contributed by atoms with van der Waals surface area (Å²) in [7, 11) is -3.52. The quantitative estimate of drug-likeness (QED) is 0.900. The number of hydrogen-bond acceptors (Lipinski definition) is 5. The molecule has 0 unspecified atom stereocenters. The number of piperidine rings is 1. The standard InChI is InChI=1S/C16H19ClN4O2S/c1-12-14(17)3-2-4-15(12)24(22,23)21-9-6-13(7-10-21)20-16-5-8-18-11-19-16/h2-5,8,11,13H,6-7,9-10H2,1H3,(H,18,19,20). The average Bonchev–Trinajstić information content (AvgIpc) is 2.58. The van der Waals surface area contributed by atoms with Gasteiger partial charge in [-0.2, -0.15) is 4.31 Å². The van der Waals surface area contributed by atoms with Crippen molar-refractivity contribution in [1.82, 2.24) is 14.3 Å². The molecule has 6 nitrogen and oxygen atoms in total. The van der Waals surface area contributed by atoms with E-state index in [4.69, 9.17) is 11.6 Å². The molecule has 1 aromatic heterocycles. The van der Waals surface area contributed by atoms with Gasteiger partial charge in [0.05, 0.1) is 4.90 Å². The van der Waals surface area contributed by atoms with Crippen molar-refractivity contribution in [2.75, 3.05) is 18.4 Å². The Kier molecular flexibility index (Phi) is 5.03. The Morgan fingerprint density at radius 1 is 1.25 bits per heavy atom. The second-order valence-corrected chi connectivity index (χ2v) is 8.09. The van der Waals surface area contributed by atoms with Crippen LogP contribution in [0, 0.1) is 6.92 Å². The van der Waals surface area contributed by atoms with Crippen molar-refractivity contribution >= 4 is 27.4 Å². The molecule has 0 saturated carbocycles. The van der Waals surface area contributed by atoms with Crippen LogP contribution in [0.1, 0.15) is 18.4 Å². The molecule has 1 aromatic carbocycles. The van der Waals surface area contributed by atoms with E-state index in [9.17, 15) is 8.42 Å². The Hall–Kier alpha value is -1.70. The Morgan fingerprint density at radius 3 is 2.67 bits per heavy atom. The number of nitrogens with one attached hydrogen (secondary N) is 1. The monoisotopic (exact) mass is 366 g/mol. The van der Waals surface area contributed by atoms with Gasteiger partial charge in [0.2, 0.25) is 10.0 Å². The average molecular weight is 367 g/mol. The van der Waals surface area contributed by atoms with Crippen LogP contribution in [0.25, 0.3) is 0 Å². The molecular formula is C16H19ClN4O2S.